The van der Waals surface area contributed by atoms with Crippen molar-refractivity contribution in [2.45, 2.75) is 6.23 Å². The minimum Gasteiger partial charge on any atom is -0.378 e. The normalized spacial score (nSPS) is 20.9. The molecule has 1 fully saturated rings. The van der Waals surface area contributed by atoms with Crippen LogP contribution in [0.5, 0.6) is 0 Å². The number of aliphatic hydroxyl groups is 1. The van der Waals surface area contributed by atoms with Gasteiger partial charge >= 0.3 is 6.03 Å². The Morgan fingerprint density at radius 1 is 1.17 bits per heavy atom. The van der Waals surface area contributed by atoms with Crippen LogP contribution < -0.4 is 10.5 Å². The van der Waals surface area contributed by atoms with Crippen LogP contribution in [0.4, 0.5) is 10.5 Å². The fourth-order valence-electron chi connectivity index (χ4n) is 3.74. The molecule has 154 valence electrons. The largest absolute Gasteiger partial charge is 0.378 e. The molecule has 3 heterocycles. The smallest absolute Gasteiger partial charge is 0.340 e. The zero-order chi connectivity index (χ0) is 20.7. The van der Waals surface area contributed by atoms with Gasteiger partial charge in [0.15, 0.2) is 6.23 Å². The number of aliphatic hydroxyl groups excluding tert-OH is 1. The molecular formula is C21H20ClN5O3. The van der Waals surface area contributed by atoms with Gasteiger partial charge in [0.05, 0.1) is 30.8 Å². The molecule has 30 heavy (non-hydrogen) atoms. The maximum atomic E-state index is 12.9. The molecule has 2 amide bonds. The van der Waals surface area contributed by atoms with E-state index in [1.165, 1.54) is 5.01 Å². The first-order valence-electron chi connectivity index (χ1n) is 9.67. The molecule has 2 N–H and O–H groups in total. The SMILES string of the molecule is O=C(N1CCOCC1)N1C=C2C(O)N=C(c3ccccc3)c3cc(Cl)ccc3N2N1. The number of fused-ring (bicyclic) bond motifs is 3. The molecule has 9 heteroatoms. The van der Waals surface area contributed by atoms with Gasteiger partial charge < -0.3 is 14.7 Å². The molecule has 0 aliphatic carbocycles. The van der Waals surface area contributed by atoms with Crippen LogP contribution >= 0.6 is 11.6 Å². The number of nitrogens with zero attached hydrogens (tertiary/aromatic N) is 4. The van der Waals surface area contributed by atoms with Crippen LogP contribution in [-0.2, 0) is 4.74 Å². The van der Waals surface area contributed by atoms with Crippen molar-refractivity contribution in [1.29, 1.82) is 0 Å². The molecule has 3 aliphatic rings. The van der Waals surface area contributed by atoms with E-state index < -0.39 is 6.23 Å². The molecule has 2 aromatic carbocycles. The van der Waals surface area contributed by atoms with Gasteiger partial charge in [0, 0.05) is 29.2 Å². The maximum absolute atomic E-state index is 12.9. The molecule has 2 aromatic rings. The summed E-state index contributed by atoms with van der Waals surface area (Å²) >= 11 is 6.29. The second kappa shape index (κ2) is 7.73. The summed E-state index contributed by atoms with van der Waals surface area (Å²) in [5.41, 5.74) is 6.51. The number of aliphatic imine (C=N–C) groups is 1. The molecular weight excluding hydrogens is 406 g/mol. The van der Waals surface area contributed by atoms with E-state index in [1.54, 1.807) is 22.2 Å². The van der Waals surface area contributed by atoms with Gasteiger partial charge in [-0.15, -0.1) is 5.53 Å². The third kappa shape index (κ3) is 3.33. The minimum absolute atomic E-state index is 0.214. The van der Waals surface area contributed by atoms with Gasteiger partial charge in [-0.05, 0) is 18.2 Å². The Labute approximate surface area is 178 Å². The Morgan fingerprint density at radius 3 is 2.70 bits per heavy atom. The molecule has 1 atom stereocenters. The Kier molecular flexibility index (Phi) is 4.92. The predicted molar refractivity (Wildman–Crippen MR) is 113 cm³/mol. The summed E-state index contributed by atoms with van der Waals surface area (Å²) in [6, 6.07) is 14.8. The number of rotatable bonds is 1. The molecule has 5 rings (SSSR count). The third-order valence-corrected chi connectivity index (χ3v) is 5.47. The van der Waals surface area contributed by atoms with Gasteiger partial charge in [-0.3, -0.25) is 5.01 Å². The lowest BCUT2D eigenvalue weighted by atomic mass is 10.0. The van der Waals surface area contributed by atoms with Crippen molar-refractivity contribution in [1.82, 2.24) is 15.4 Å². The zero-order valence-electron chi connectivity index (χ0n) is 16.0. The second-order valence-corrected chi connectivity index (χ2v) is 7.56. The van der Waals surface area contributed by atoms with Crippen LogP contribution in [0.1, 0.15) is 11.1 Å². The first-order chi connectivity index (χ1) is 14.6. The van der Waals surface area contributed by atoms with E-state index in [1.807, 2.05) is 42.5 Å². The van der Waals surface area contributed by atoms with Crippen LogP contribution in [0.15, 0.2) is 65.4 Å². The summed E-state index contributed by atoms with van der Waals surface area (Å²) in [4.78, 5) is 19.2. The maximum Gasteiger partial charge on any atom is 0.340 e. The fraction of sp³-hybridized carbons (Fsp3) is 0.238. The van der Waals surface area contributed by atoms with Gasteiger partial charge in [-0.25, -0.2) is 14.8 Å². The lowest BCUT2D eigenvalue weighted by Gasteiger charge is -2.31. The number of ether oxygens (including phenoxy) is 1. The number of benzene rings is 2. The van der Waals surface area contributed by atoms with E-state index in [4.69, 9.17) is 16.3 Å². The first kappa shape index (κ1) is 19.1. The Balaban J connectivity index is 1.56. The Morgan fingerprint density at radius 2 is 1.93 bits per heavy atom. The van der Waals surface area contributed by atoms with Crippen LogP contribution in [0.3, 0.4) is 0 Å². The van der Waals surface area contributed by atoms with E-state index in [-0.39, 0.29) is 6.03 Å². The molecule has 0 spiro atoms. The first-order valence-corrected chi connectivity index (χ1v) is 10.0. The fourth-order valence-corrected chi connectivity index (χ4v) is 3.91. The van der Waals surface area contributed by atoms with E-state index in [9.17, 15) is 9.90 Å². The van der Waals surface area contributed by atoms with Gasteiger partial charge in [-0.1, -0.05) is 41.9 Å². The van der Waals surface area contributed by atoms with Gasteiger partial charge in [0.25, 0.3) is 0 Å². The Hall–Kier alpha value is -2.91. The molecule has 0 aromatic heterocycles. The number of hydrogen-bond acceptors (Lipinski definition) is 6. The van der Waals surface area contributed by atoms with E-state index >= 15 is 0 Å². The quantitative estimate of drug-likeness (QED) is 0.733. The standard InChI is InChI=1S/C21H20ClN5O3/c22-15-6-7-17-16(12-15)19(14-4-2-1-3-5-14)23-20(28)18-13-26(24-27(17)18)21(29)25-8-10-30-11-9-25/h1-7,12-13,20,24,28H,8-11H2. The van der Waals surface area contributed by atoms with Crippen molar-refractivity contribution in [3.8, 4) is 0 Å². The summed E-state index contributed by atoms with van der Waals surface area (Å²) in [5.74, 6) is 0. The van der Waals surface area contributed by atoms with Crippen molar-refractivity contribution in [2.75, 3.05) is 31.3 Å². The lowest BCUT2D eigenvalue weighted by Crippen LogP contribution is -2.52. The van der Waals surface area contributed by atoms with Crippen molar-refractivity contribution in [3.05, 3.63) is 76.6 Å². The number of nitrogens with one attached hydrogen (secondary N) is 1. The molecule has 1 saturated heterocycles. The second-order valence-electron chi connectivity index (χ2n) is 7.12. The highest BCUT2D eigenvalue weighted by molar-refractivity contribution is 6.31. The Bertz CT molecular complexity index is 1040. The minimum atomic E-state index is -1.17. The third-order valence-electron chi connectivity index (χ3n) is 5.23. The number of anilines is 1. The summed E-state index contributed by atoms with van der Waals surface area (Å²) in [7, 11) is 0. The van der Waals surface area contributed by atoms with Gasteiger partial charge in [0.2, 0.25) is 0 Å². The van der Waals surface area contributed by atoms with Gasteiger partial charge in [-0.2, -0.15) is 0 Å². The number of hydrogen-bond donors (Lipinski definition) is 2. The number of carbonyl (C=O) groups is 1. The molecule has 1 unspecified atom stereocenters. The predicted octanol–water partition coefficient (Wildman–Crippen LogP) is 2.34. The van der Waals surface area contributed by atoms with E-state index in [2.05, 4.69) is 10.5 Å². The number of urea groups is 1. The van der Waals surface area contributed by atoms with Crippen LogP contribution in [-0.4, -0.2) is 59.3 Å². The highest BCUT2D eigenvalue weighted by Gasteiger charge is 2.36. The summed E-state index contributed by atoms with van der Waals surface area (Å²) in [5, 5.41) is 14.5. The van der Waals surface area contributed by atoms with Crippen molar-refractivity contribution >= 4 is 29.0 Å². The summed E-state index contributed by atoms with van der Waals surface area (Å²) < 4.78 is 5.32. The highest BCUT2D eigenvalue weighted by atomic mass is 35.5. The lowest BCUT2D eigenvalue weighted by molar-refractivity contribution is 0.0442. The van der Waals surface area contributed by atoms with E-state index in [0.717, 1.165) is 16.8 Å². The average Bonchev–Trinajstić information content (AvgIpc) is 3.19. The summed E-state index contributed by atoms with van der Waals surface area (Å²) in [6.07, 6.45) is 0.416. The van der Waals surface area contributed by atoms with E-state index in [0.29, 0.717) is 42.7 Å². The van der Waals surface area contributed by atoms with Crippen molar-refractivity contribution in [3.63, 3.8) is 0 Å². The zero-order valence-corrected chi connectivity index (χ0v) is 16.8. The monoisotopic (exact) mass is 425 g/mol. The highest BCUT2D eigenvalue weighted by Crippen LogP contribution is 2.35. The molecule has 0 bridgehead atoms. The number of carbonyl (C=O) groups excluding carboxylic acids is 1. The van der Waals surface area contributed by atoms with Crippen LogP contribution in [0.2, 0.25) is 5.02 Å². The topological polar surface area (TPSA) is 80.6 Å². The molecule has 8 nitrogen and oxygen atoms in total. The molecule has 3 aliphatic heterocycles. The number of morpholine rings is 1. The van der Waals surface area contributed by atoms with Crippen LogP contribution in [0, 0.1) is 0 Å². The number of hydrazine groups is 2. The van der Waals surface area contributed by atoms with Crippen molar-refractivity contribution < 1.29 is 14.6 Å². The van der Waals surface area contributed by atoms with Crippen LogP contribution in [0.25, 0.3) is 0 Å². The van der Waals surface area contributed by atoms with Gasteiger partial charge in [0.1, 0.15) is 5.70 Å². The molecule has 0 saturated carbocycles. The van der Waals surface area contributed by atoms with Crippen molar-refractivity contribution in [2.24, 2.45) is 4.99 Å². The number of amides is 2. The summed E-state index contributed by atoms with van der Waals surface area (Å²) in [6.45, 7) is 2.06. The molecule has 0 radical (unpaired) electrons. The number of halogens is 1. The average molecular weight is 426 g/mol.